The van der Waals surface area contributed by atoms with Crippen molar-refractivity contribution in [2.24, 2.45) is 11.8 Å². The number of hydrogen-bond donors (Lipinski definition) is 3. The lowest BCUT2D eigenvalue weighted by atomic mass is 9.79. The minimum absolute atomic E-state index is 0.0366. The molecule has 0 radical (unpaired) electrons. The topological polar surface area (TPSA) is 67.2 Å². The van der Waals surface area contributed by atoms with Gasteiger partial charge in [0.25, 0.3) is 0 Å². The summed E-state index contributed by atoms with van der Waals surface area (Å²) in [5.41, 5.74) is 7.36. The molecule has 2 aliphatic heterocycles. The van der Waals surface area contributed by atoms with Gasteiger partial charge in [-0.3, -0.25) is 9.69 Å². The third-order valence-electron chi connectivity index (χ3n) is 12.2. The molecule has 4 aromatic rings. The number of halogens is 4. The lowest BCUT2D eigenvalue weighted by Gasteiger charge is -2.42. The van der Waals surface area contributed by atoms with Crippen molar-refractivity contribution in [1.29, 1.82) is 0 Å². The first-order chi connectivity index (χ1) is 24.4. The highest BCUT2D eigenvalue weighted by Gasteiger charge is 2.44. The SMILES string of the molecule is CC(C)CC1c2[nH]c3ccc(Cl)cc3c2C(CC(C)CC2c3[nH]c4ccc(Cl)cc4c3CCN2C(=O)CNC2CCC(F)(F)CC2)CN1C1CC1. The molecule has 2 aliphatic carbocycles. The molecule has 0 spiro atoms. The Kier molecular flexibility index (Phi) is 9.69. The Morgan fingerprint density at radius 1 is 0.902 bits per heavy atom. The predicted molar refractivity (Wildman–Crippen MR) is 203 cm³/mol. The standard InChI is InChI=1S/C41H51Cl2F2N5O/c1-23(2)16-35-40-38(32-20-27(43)5-9-34(32)48-40)25(22-50(35)29-6-7-29)17-24(3)18-36-39-30(31-19-26(42)4-8-33(31)47-39)12-15-49(36)37(51)21-46-28-10-13-41(44,45)14-11-28/h4-5,8-9,19-20,23-25,28-29,35-36,46-48H,6-7,10-18,21-22H2,1-3H3. The maximum absolute atomic E-state index is 14.0. The molecule has 2 fully saturated rings. The Bertz CT molecular complexity index is 1910. The second-order valence-corrected chi connectivity index (χ2v) is 17.4. The van der Waals surface area contributed by atoms with Crippen molar-refractivity contribution in [3.05, 3.63) is 69.0 Å². The van der Waals surface area contributed by atoms with Gasteiger partial charge in [0, 0.05) is 81.3 Å². The average Bonchev–Trinajstić information content (AvgIpc) is 3.76. The molecule has 8 rings (SSSR count). The molecule has 2 saturated carbocycles. The van der Waals surface area contributed by atoms with E-state index in [2.05, 4.69) is 53.1 Å². The average molecular weight is 739 g/mol. The number of carbonyl (C=O) groups excluding carboxylic acids is 1. The number of carbonyl (C=O) groups is 1. The van der Waals surface area contributed by atoms with Crippen molar-refractivity contribution in [2.75, 3.05) is 19.6 Å². The van der Waals surface area contributed by atoms with Crippen molar-refractivity contribution in [2.45, 2.75) is 121 Å². The van der Waals surface area contributed by atoms with Gasteiger partial charge >= 0.3 is 0 Å². The molecule has 10 heteroatoms. The van der Waals surface area contributed by atoms with Gasteiger partial charge in [0.1, 0.15) is 0 Å². The molecule has 4 unspecified atom stereocenters. The fourth-order valence-corrected chi connectivity index (χ4v) is 10.0. The molecule has 6 nitrogen and oxygen atoms in total. The molecule has 0 saturated heterocycles. The summed E-state index contributed by atoms with van der Waals surface area (Å²) in [5.74, 6) is -1.32. The number of aromatic amines is 2. The smallest absolute Gasteiger partial charge is 0.248 e. The van der Waals surface area contributed by atoms with Crippen LogP contribution in [0.3, 0.4) is 0 Å². The highest BCUT2D eigenvalue weighted by Crippen LogP contribution is 2.50. The van der Waals surface area contributed by atoms with Crippen molar-refractivity contribution in [3.63, 3.8) is 0 Å². The zero-order chi connectivity index (χ0) is 35.6. The number of fused-ring (bicyclic) bond motifs is 6. The van der Waals surface area contributed by atoms with Crippen LogP contribution in [0.5, 0.6) is 0 Å². The van der Waals surface area contributed by atoms with Crippen molar-refractivity contribution in [1.82, 2.24) is 25.1 Å². The van der Waals surface area contributed by atoms with Gasteiger partial charge in [0.2, 0.25) is 11.8 Å². The maximum atomic E-state index is 14.0. The first-order valence-electron chi connectivity index (χ1n) is 19.2. The largest absolute Gasteiger partial charge is 0.357 e. The van der Waals surface area contributed by atoms with Gasteiger partial charge in [-0.1, -0.05) is 44.0 Å². The van der Waals surface area contributed by atoms with Gasteiger partial charge in [-0.25, -0.2) is 8.78 Å². The lowest BCUT2D eigenvalue weighted by molar-refractivity contribution is -0.134. The summed E-state index contributed by atoms with van der Waals surface area (Å²) in [5, 5.41) is 7.20. The second-order valence-electron chi connectivity index (χ2n) is 16.6. The molecular formula is C41H51Cl2F2N5O. The Morgan fingerprint density at radius 3 is 2.25 bits per heavy atom. The first-order valence-corrected chi connectivity index (χ1v) is 20.0. The Hall–Kier alpha value is -2.65. The summed E-state index contributed by atoms with van der Waals surface area (Å²) in [7, 11) is 0. The van der Waals surface area contributed by atoms with Crippen LogP contribution >= 0.6 is 23.2 Å². The number of nitrogens with one attached hydrogen (secondary N) is 3. The monoisotopic (exact) mass is 737 g/mol. The van der Waals surface area contributed by atoms with Gasteiger partial charge in [-0.2, -0.15) is 0 Å². The fraction of sp³-hybridized carbons (Fsp3) is 0.585. The predicted octanol–water partition coefficient (Wildman–Crippen LogP) is 10.3. The number of H-pyrrole nitrogens is 2. The van der Waals surface area contributed by atoms with E-state index in [4.69, 9.17) is 23.2 Å². The van der Waals surface area contributed by atoms with E-state index >= 15 is 0 Å². The van der Waals surface area contributed by atoms with Crippen LogP contribution in [0.2, 0.25) is 10.0 Å². The van der Waals surface area contributed by atoms with Crippen LogP contribution in [-0.2, 0) is 11.2 Å². The Morgan fingerprint density at radius 2 is 1.57 bits per heavy atom. The fourth-order valence-electron chi connectivity index (χ4n) is 9.67. The third-order valence-corrected chi connectivity index (χ3v) is 12.7. The van der Waals surface area contributed by atoms with Crippen LogP contribution in [0.4, 0.5) is 8.78 Å². The molecule has 2 aromatic carbocycles. The van der Waals surface area contributed by atoms with Gasteiger partial charge in [0.05, 0.1) is 18.6 Å². The number of aromatic nitrogens is 2. The van der Waals surface area contributed by atoms with Crippen molar-refractivity contribution in [3.8, 4) is 0 Å². The molecule has 274 valence electrons. The summed E-state index contributed by atoms with van der Waals surface area (Å²) in [6.07, 6.45) is 6.77. The number of alkyl halides is 2. The normalized spacial score (nSPS) is 24.7. The van der Waals surface area contributed by atoms with E-state index in [1.807, 2.05) is 29.2 Å². The third kappa shape index (κ3) is 7.19. The van der Waals surface area contributed by atoms with Crippen LogP contribution in [0, 0.1) is 11.8 Å². The highest BCUT2D eigenvalue weighted by atomic mass is 35.5. The van der Waals surface area contributed by atoms with Crippen molar-refractivity contribution >= 4 is 50.9 Å². The summed E-state index contributed by atoms with van der Waals surface area (Å²) in [6, 6.07) is 13.1. The van der Waals surface area contributed by atoms with Crippen LogP contribution in [-0.4, -0.2) is 63.3 Å². The van der Waals surface area contributed by atoms with Gasteiger partial charge in [0.15, 0.2) is 0 Å². The van der Waals surface area contributed by atoms with E-state index in [1.54, 1.807) is 0 Å². The number of rotatable bonds is 10. The Balaban J connectivity index is 1.08. The number of amides is 1. The van der Waals surface area contributed by atoms with E-state index in [0.29, 0.717) is 54.2 Å². The van der Waals surface area contributed by atoms with Gasteiger partial charge in [-0.05, 0) is 117 Å². The molecule has 1 amide bonds. The van der Waals surface area contributed by atoms with Gasteiger partial charge < -0.3 is 20.2 Å². The van der Waals surface area contributed by atoms with E-state index in [0.717, 1.165) is 59.4 Å². The number of benzene rings is 2. The number of hydrogen-bond acceptors (Lipinski definition) is 3. The summed E-state index contributed by atoms with van der Waals surface area (Å²) >= 11 is 13.1. The van der Waals surface area contributed by atoms with Crippen LogP contribution < -0.4 is 5.32 Å². The molecule has 4 heterocycles. The maximum Gasteiger partial charge on any atom is 0.248 e. The molecule has 2 aromatic heterocycles. The zero-order valence-electron chi connectivity index (χ0n) is 30.0. The van der Waals surface area contributed by atoms with E-state index in [1.165, 1.54) is 35.0 Å². The van der Waals surface area contributed by atoms with Crippen molar-refractivity contribution < 1.29 is 13.6 Å². The quantitative estimate of drug-likeness (QED) is 0.152. The summed E-state index contributed by atoms with van der Waals surface area (Å²) in [4.78, 5) is 26.5. The molecule has 4 atom stereocenters. The van der Waals surface area contributed by atoms with Crippen LogP contribution in [0.1, 0.15) is 119 Å². The lowest BCUT2D eigenvalue weighted by Crippen LogP contribution is -2.47. The van der Waals surface area contributed by atoms with Crippen LogP contribution in [0.15, 0.2) is 36.4 Å². The zero-order valence-corrected chi connectivity index (χ0v) is 31.5. The molecular weight excluding hydrogens is 687 g/mol. The van der Waals surface area contributed by atoms with Gasteiger partial charge in [-0.15, -0.1) is 0 Å². The minimum atomic E-state index is -2.59. The molecule has 0 bridgehead atoms. The summed E-state index contributed by atoms with van der Waals surface area (Å²) < 4.78 is 27.7. The summed E-state index contributed by atoms with van der Waals surface area (Å²) in [6.45, 7) is 8.81. The van der Waals surface area contributed by atoms with E-state index < -0.39 is 5.92 Å². The van der Waals surface area contributed by atoms with E-state index in [9.17, 15) is 13.6 Å². The molecule has 3 N–H and O–H groups in total. The van der Waals surface area contributed by atoms with Crippen LogP contribution in [0.25, 0.3) is 21.8 Å². The first kappa shape index (κ1) is 35.4. The second kappa shape index (κ2) is 14.0. The van der Waals surface area contributed by atoms with E-state index in [-0.39, 0.29) is 37.4 Å². The molecule has 4 aliphatic rings. The Labute approximate surface area is 310 Å². The molecule has 51 heavy (non-hydrogen) atoms. The minimum Gasteiger partial charge on any atom is -0.357 e. The highest BCUT2D eigenvalue weighted by molar-refractivity contribution is 6.31. The number of nitrogens with zero attached hydrogens (tertiary/aromatic N) is 2.